The van der Waals surface area contributed by atoms with Crippen LogP contribution in [0.25, 0.3) is 0 Å². The summed E-state index contributed by atoms with van der Waals surface area (Å²) in [7, 11) is -3.74. The Morgan fingerprint density at radius 3 is 2.31 bits per heavy atom. The lowest BCUT2D eigenvalue weighted by molar-refractivity contribution is -0.385. The van der Waals surface area contributed by atoms with E-state index in [1.807, 2.05) is 19.1 Å². The molecule has 0 radical (unpaired) electrons. The third kappa shape index (κ3) is 3.86. The Kier molecular flexibility index (Phi) is 5.24. The maximum atomic E-state index is 12.7. The molecule has 0 N–H and O–H groups in total. The molecule has 8 heteroatoms. The number of hydrogen-bond acceptors (Lipinski definition) is 5. The second kappa shape index (κ2) is 7.43. The van der Waals surface area contributed by atoms with Gasteiger partial charge in [0.05, 0.1) is 9.82 Å². The zero-order chi connectivity index (χ0) is 18.7. The summed E-state index contributed by atoms with van der Waals surface area (Å²) < 4.78 is 32.4. The van der Waals surface area contributed by atoms with E-state index in [0.717, 1.165) is 30.9 Å². The summed E-state index contributed by atoms with van der Waals surface area (Å²) in [5.41, 5.74) is 0.665. The van der Waals surface area contributed by atoms with Crippen LogP contribution >= 0.6 is 0 Å². The first-order valence-corrected chi connectivity index (χ1v) is 9.85. The Morgan fingerprint density at radius 2 is 1.69 bits per heavy atom. The van der Waals surface area contributed by atoms with Crippen LogP contribution in [0.15, 0.2) is 47.4 Å². The van der Waals surface area contributed by atoms with E-state index in [9.17, 15) is 18.5 Å². The van der Waals surface area contributed by atoms with Gasteiger partial charge in [-0.2, -0.15) is 4.31 Å². The van der Waals surface area contributed by atoms with Crippen LogP contribution in [0, 0.1) is 17.0 Å². The molecule has 0 aromatic heterocycles. The molecule has 138 valence electrons. The highest BCUT2D eigenvalue weighted by Crippen LogP contribution is 2.34. The van der Waals surface area contributed by atoms with E-state index >= 15 is 0 Å². The molecular weight excluding hydrogens is 356 g/mol. The van der Waals surface area contributed by atoms with Crippen LogP contribution < -0.4 is 4.74 Å². The molecule has 0 saturated carbocycles. The van der Waals surface area contributed by atoms with Crippen molar-refractivity contribution in [3.05, 3.63) is 58.1 Å². The molecule has 1 aliphatic rings. The van der Waals surface area contributed by atoms with Crippen LogP contribution in [-0.2, 0) is 10.0 Å². The molecule has 2 aromatic rings. The molecule has 2 aromatic carbocycles. The highest BCUT2D eigenvalue weighted by molar-refractivity contribution is 7.89. The maximum Gasteiger partial charge on any atom is 0.312 e. The van der Waals surface area contributed by atoms with Crippen molar-refractivity contribution in [1.82, 2.24) is 4.31 Å². The highest BCUT2D eigenvalue weighted by Gasteiger charge is 2.29. The minimum atomic E-state index is -3.74. The van der Waals surface area contributed by atoms with Crippen molar-refractivity contribution >= 4 is 15.7 Å². The lowest BCUT2D eigenvalue weighted by atomic mass is 10.2. The zero-order valence-electron chi connectivity index (χ0n) is 14.4. The summed E-state index contributed by atoms with van der Waals surface area (Å²) in [5, 5.41) is 11.4. The van der Waals surface area contributed by atoms with Crippen molar-refractivity contribution in [3.8, 4) is 11.5 Å². The van der Waals surface area contributed by atoms with Crippen LogP contribution in [0.2, 0.25) is 0 Å². The van der Waals surface area contributed by atoms with Gasteiger partial charge in [0.25, 0.3) is 0 Å². The predicted molar refractivity (Wildman–Crippen MR) is 97.0 cm³/mol. The maximum absolute atomic E-state index is 12.7. The number of nitro groups is 1. The van der Waals surface area contributed by atoms with E-state index < -0.39 is 14.9 Å². The molecule has 0 bridgehead atoms. The first-order valence-electron chi connectivity index (χ1n) is 8.41. The SMILES string of the molecule is Cc1ccc(Oc2ccc(S(=O)(=O)N3CCCCC3)cc2[N+](=O)[O-])cc1. The Labute approximate surface area is 152 Å². The van der Waals surface area contributed by atoms with Crippen LogP contribution in [-0.4, -0.2) is 30.7 Å². The van der Waals surface area contributed by atoms with Gasteiger partial charge in [-0.1, -0.05) is 24.1 Å². The first kappa shape index (κ1) is 18.3. The number of rotatable bonds is 5. The highest BCUT2D eigenvalue weighted by atomic mass is 32.2. The van der Waals surface area contributed by atoms with E-state index in [-0.39, 0.29) is 16.3 Å². The third-order valence-corrected chi connectivity index (χ3v) is 6.22. The van der Waals surface area contributed by atoms with Gasteiger partial charge in [0.15, 0.2) is 0 Å². The minimum Gasteiger partial charge on any atom is -0.450 e. The number of hydrogen-bond donors (Lipinski definition) is 0. The number of nitro benzene ring substituents is 1. The lowest BCUT2D eigenvalue weighted by Crippen LogP contribution is -2.35. The molecular formula is C18H20N2O5S. The summed E-state index contributed by atoms with van der Waals surface area (Å²) in [6.07, 6.45) is 2.60. The van der Waals surface area contributed by atoms with Crippen molar-refractivity contribution in [2.24, 2.45) is 0 Å². The summed E-state index contributed by atoms with van der Waals surface area (Å²) >= 11 is 0. The topological polar surface area (TPSA) is 89.8 Å². The smallest absolute Gasteiger partial charge is 0.312 e. The normalized spacial score (nSPS) is 15.6. The Bertz CT molecular complexity index is 904. The molecule has 1 fully saturated rings. The fraction of sp³-hybridized carbons (Fsp3) is 0.333. The Hall–Kier alpha value is -2.45. The number of sulfonamides is 1. The number of benzene rings is 2. The quantitative estimate of drug-likeness (QED) is 0.584. The molecule has 1 saturated heterocycles. The van der Waals surface area contributed by atoms with Crippen molar-refractivity contribution in [2.45, 2.75) is 31.1 Å². The molecule has 0 amide bonds. The fourth-order valence-electron chi connectivity index (χ4n) is 2.87. The van der Waals surface area contributed by atoms with Crippen molar-refractivity contribution < 1.29 is 18.1 Å². The predicted octanol–water partition coefficient (Wildman–Crippen LogP) is 3.87. The van der Waals surface area contributed by atoms with E-state index in [1.54, 1.807) is 12.1 Å². The molecule has 26 heavy (non-hydrogen) atoms. The van der Waals surface area contributed by atoms with Gasteiger partial charge in [-0.3, -0.25) is 10.1 Å². The summed E-state index contributed by atoms with van der Waals surface area (Å²) in [6, 6.07) is 10.9. The van der Waals surface area contributed by atoms with Gasteiger partial charge in [0.2, 0.25) is 15.8 Å². The van der Waals surface area contributed by atoms with Gasteiger partial charge < -0.3 is 4.74 Å². The van der Waals surface area contributed by atoms with Crippen LogP contribution in [0.3, 0.4) is 0 Å². The monoisotopic (exact) mass is 376 g/mol. The van der Waals surface area contributed by atoms with Crippen LogP contribution in [0.1, 0.15) is 24.8 Å². The number of aryl methyl sites for hydroxylation is 1. The molecule has 1 aliphatic heterocycles. The van der Waals surface area contributed by atoms with Gasteiger partial charge in [-0.25, -0.2) is 8.42 Å². The molecule has 7 nitrogen and oxygen atoms in total. The zero-order valence-corrected chi connectivity index (χ0v) is 15.2. The van der Waals surface area contributed by atoms with E-state index in [0.29, 0.717) is 18.8 Å². The van der Waals surface area contributed by atoms with Gasteiger partial charge >= 0.3 is 5.69 Å². The molecule has 3 rings (SSSR count). The van der Waals surface area contributed by atoms with E-state index in [1.165, 1.54) is 16.4 Å². The van der Waals surface area contributed by atoms with Crippen molar-refractivity contribution in [1.29, 1.82) is 0 Å². The van der Waals surface area contributed by atoms with Gasteiger partial charge in [0, 0.05) is 19.2 Å². The van der Waals surface area contributed by atoms with Gasteiger partial charge in [-0.15, -0.1) is 0 Å². The van der Waals surface area contributed by atoms with Gasteiger partial charge in [0.1, 0.15) is 5.75 Å². The second-order valence-corrected chi connectivity index (χ2v) is 8.20. The fourth-order valence-corrected chi connectivity index (χ4v) is 4.41. The molecule has 0 unspecified atom stereocenters. The summed E-state index contributed by atoms with van der Waals surface area (Å²) in [4.78, 5) is 10.7. The molecule has 0 atom stereocenters. The molecule has 0 aliphatic carbocycles. The minimum absolute atomic E-state index is 0.0106. The lowest BCUT2D eigenvalue weighted by Gasteiger charge is -2.25. The summed E-state index contributed by atoms with van der Waals surface area (Å²) in [5.74, 6) is 0.460. The first-order chi connectivity index (χ1) is 12.4. The number of nitrogens with zero attached hydrogens (tertiary/aromatic N) is 2. The largest absolute Gasteiger partial charge is 0.450 e. The number of ether oxygens (including phenoxy) is 1. The van der Waals surface area contributed by atoms with E-state index in [2.05, 4.69) is 0 Å². The van der Waals surface area contributed by atoms with Crippen molar-refractivity contribution in [2.75, 3.05) is 13.1 Å². The van der Waals surface area contributed by atoms with E-state index in [4.69, 9.17) is 4.74 Å². The molecule has 1 heterocycles. The van der Waals surface area contributed by atoms with Crippen molar-refractivity contribution in [3.63, 3.8) is 0 Å². The summed E-state index contributed by atoms with van der Waals surface area (Å²) in [6.45, 7) is 2.81. The number of piperidine rings is 1. The van der Waals surface area contributed by atoms with Crippen LogP contribution in [0.5, 0.6) is 11.5 Å². The van der Waals surface area contributed by atoms with Gasteiger partial charge in [-0.05, 0) is 44.0 Å². The second-order valence-electron chi connectivity index (χ2n) is 6.27. The average Bonchev–Trinajstić information content (AvgIpc) is 2.64. The Morgan fingerprint density at radius 1 is 1.04 bits per heavy atom. The Balaban J connectivity index is 1.93. The standard InChI is InChI=1S/C18H20N2O5S/c1-14-5-7-15(8-6-14)25-18-10-9-16(13-17(18)20(21)22)26(23,24)19-11-3-2-4-12-19/h5-10,13H,2-4,11-12H2,1H3. The van der Waals surface area contributed by atoms with Crippen LogP contribution in [0.4, 0.5) is 5.69 Å². The molecule has 0 spiro atoms. The average molecular weight is 376 g/mol. The third-order valence-electron chi connectivity index (χ3n) is 4.33.